The molecule has 0 aliphatic heterocycles. The number of benzene rings is 2. The molecule has 0 aromatic heterocycles. The predicted octanol–water partition coefficient (Wildman–Crippen LogP) is 3.32. The van der Waals surface area contributed by atoms with E-state index in [1.165, 1.54) is 6.07 Å². The van der Waals surface area contributed by atoms with Gasteiger partial charge in [-0.25, -0.2) is 8.78 Å². The Morgan fingerprint density at radius 1 is 0.882 bits per heavy atom. The summed E-state index contributed by atoms with van der Waals surface area (Å²) in [7, 11) is 0. The SMILES string of the molecule is Cc1ccc(C(N)c2ccc(F)c(F)c2)cc1. The van der Waals surface area contributed by atoms with Crippen molar-refractivity contribution in [2.24, 2.45) is 5.73 Å². The van der Waals surface area contributed by atoms with E-state index in [4.69, 9.17) is 5.73 Å². The largest absolute Gasteiger partial charge is 0.320 e. The zero-order valence-corrected chi connectivity index (χ0v) is 9.45. The summed E-state index contributed by atoms with van der Waals surface area (Å²) in [5, 5.41) is 0. The molecule has 0 amide bonds. The Hall–Kier alpha value is -1.74. The Balaban J connectivity index is 2.33. The molecule has 0 saturated heterocycles. The van der Waals surface area contributed by atoms with Crippen LogP contribution in [0.15, 0.2) is 42.5 Å². The fraction of sp³-hybridized carbons (Fsp3) is 0.143. The lowest BCUT2D eigenvalue weighted by atomic mass is 9.99. The molecule has 1 unspecified atom stereocenters. The molecule has 0 heterocycles. The fourth-order valence-electron chi connectivity index (χ4n) is 1.67. The van der Waals surface area contributed by atoms with Crippen molar-refractivity contribution in [3.05, 3.63) is 70.8 Å². The zero-order chi connectivity index (χ0) is 12.4. The van der Waals surface area contributed by atoms with Crippen molar-refractivity contribution in [3.63, 3.8) is 0 Å². The maximum absolute atomic E-state index is 13.1. The Labute approximate surface area is 98.9 Å². The maximum atomic E-state index is 13.1. The van der Waals surface area contributed by atoms with Crippen molar-refractivity contribution in [2.45, 2.75) is 13.0 Å². The fourth-order valence-corrected chi connectivity index (χ4v) is 1.67. The van der Waals surface area contributed by atoms with Crippen molar-refractivity contribution < 1.29 is 8.78 Å². The van der Waals surface area contributed by atoms with E-state index in [0.29, 0.717) is 5.56 Å². The summed E-state index contributed by atoms with van der Waals surface area (Å²) < 4.78 is 25.9. The van der Waals surface area contributed by atoms with Crippen LogP contribution < -0.4 is 5.73 Å². The molecule has 0 aliphatic carbocycles. The van der Waals surface area contributed by atoms with Crippen molar-refractivity contribution in [1.29, 1.82) is 0 Å². The zero-order valence-electron chi connectivity index (χ0n) is 9.45. The minimum absolute atomic E-state index is 0.439. The monoisotopic (exact) mass is 233 g/mol. The lowest BCUT2D eigenvalue weighted by Gasteiger charge is -2.13. The number of rotatable bonds is 2. The molecule has 3 heteroatoms. The summed E-state index contributed by atoms with van der Waals surface area (Å²) in [5.74, 6) is -1.73. The quantitative estimate of drug-likeness (QED) is 0.846. The summed E-state index contributed by atoms with van der Waals surface area (Å²) in [5.41, 5.74) is 8.57. The average Bonchev–Trinajstić information content (AvgIpc) is 2.33. The molecule has 0 aliphatic rings. The van der Waals surface area contributed by atoms with E-state index >= 15 is 0 Å². The second-order valence-corrected chi connectivity index (χ2v) is 4.06. The molecule has 0 spiro atoms. The van der Waals surface area contributed by atoms with Crippen molar-refractivity contribution in [3.8, 4) is 0 Å². The maximum Gasteiger partial charge on any atom is 0.159 e. The minimum Gasteiger partial charge on any atom is -0.320 e. The Kier molecular flexibility index (Phi) is 3.20. The van der Waals surface area contributed by atoms with Gasteiger partial charge >= 0.3 is 0 Å². The minimum atomic E-state index is -0.870. The van der Waals surface area contributed by atoms with Gasteiger partial charge in [-0.15, -0.1) is 0 Å². The second-order valence-electron chi connectivity index (χ2n) is 4.06. The number of hydrogen-bond acceptors (Lipinski definition) is 1. The number of halogens is 2. The predicted molar refractivity (Wildman–Crippen MR) is 63.6 cm³/mol. The van der Waals surface area contributed by atoms with Crippen LogP contribution in [0.1, 0.15) is 22.7 Å². The molecule has 2 N–H and O–H groups in total. The summed E-state index contributed by atoms with van der Waals surface area (Å²) in [4.78, 5) is 0. The van der Waals surface area contributed by atoms with Crippen LogP contribution in [0.3, 0.4) is 0 Å². The third-order valence-electron chi connectivity index (χ3n) is 2.74. The lowest BCUT2D eigenvalue weighted by Crippen LogP contribution is -2.12. The highest BCUT2D eigenvalue weighted by atomic mass is 19.2. The van der Waals surface area contributed by atoms with Crippen LogP contribution >= 0.6 is 0 Å². The van der Waals surface area contributed by atoms with Gasteiger partial charge in [-0.3, -0.25) is 0 Å². The van der Waals surface area contributed by atoms with E-state index in [-0.39, 0.29) is 0 Å². The Morgan fingerprint density at radius 2 is 1.47 bits per heavy atom. The number of nitrogens with two attached hydrogens (primary N) is 1. The van der Waals surface area contributed by atoms with Crippen LogP contribution in [0.25, 0.3) is 0 Å². The van der Waals surface area contributed by atoms with E-state index in [0.717, 1.165) is 23.3 Å². The van der Waals surface area contributed by atoms with Crippen LogP contribution in [0.4, 0.5) is 8.78 Å². The molecule has 2 aromatic rings. The number of hydrogen-bond donors (Lipinski definition) is 1. The normalized spacial score (nSPS) is 12.5. The lowest BCUT2D eigenvalue weighted by molar-refractivity contribution is 0.506. The first-order valence-electron chi connectivity index (χ1n) is 5.35. The molecular formula is C14H13F2N. The average molecular weight is 233 g/mol. The third kappa shape index (κ3) is 2.50. The Bertz CT molecular complexity index is 520. The topological polar surface area (TPSA) is 26.0 Å². The van der Waals surface area contributed by atoms with Crippen LogP contribution in [0.2, 0.25) is 0 Å². The molecule has 2 rings (SSSR count). The van der Waals surface area contributed by atoms with E-state index in [9.17, 15) is 8.78 Å². The first kappa shape index (κ1) is 11.7. The molecule has 0 radical (unpaired) electrons. The highest BCUT2D eigenvalue weighted by Crippen LogP contribution is 2.21. The van der Waals surface area contributed by atoms with Gasteiger partial charge in [0, 0.05) is 0 Å². The first-order valence-corrected chi connectivity index (χ1v) is 5.35. The molecule has 2 aromatic carbocycles. The molecule has 0 fully saturated rings. The highest BCUT2D eigenvalue weighted by Gasteiger charge is 2.11. The van der Waals surface area contributed by atoms with Gasteiger partial charge in [0.15, 0.2) is 11.6 Å². The van der Waals surface area contributed by atoms with E-state index in [1.807, 2.05) is 31.2 Å². The standard InChI is InChI=1S/C14H13F2N/c1-9-2-4-10(5-3-9)14(17)11-6-7-12(15)13(16)8-11/h2-8,14H,17H2,1H3. The molecule has 1 nitrogen and oxygen atoms in total. The van der Waals surface area contributed by atoms with Crippen LogP contribution in [-0.4, -0.2) is 0 Å². The van der Waals surface area contributed by atoms with Crippen molar-refractivity contribution in [1.82, 2.24) is 0 Å². The molecule has 1 atom stereocenters. The van der Waals surface area contributed by atoms with Crippen LogP contribution in [0, 0.1) is 18.6 Å². The van der Waals surface area contributed by atoms with Gasteiger partial charge in [-0.2, -0.15) is 0 Å². The molecular weight excluding hydrogens is 220 g/mol. The second kappa shape index (κ2) is 4.63. The van der Waals surface area contributed by atoms with Crippen LogP contribution in [-0.2, 0) is 0 Å². The molecule has 0 bridgehead atoms. The van der Waals surface area contributed by atoms with Gasteiger partial charge in [0.1, 0.15) is 0 Å². The third-order valence-corrected chi connectivity index (χ3v) is 2.74. The van der Waals surface area contributed by atoms with Crippen LogP contribution in [0.5, 0.6) is 0 Å². The van der Waals surface area contributed by atoms with E-state index < -0.39 is 17.7 Å². The van der Waals surface area contributed by atoms with Crippen molar-refractivity contribution >= 4 is 0 Å². The Morgan fingerprint density at radius 3 is 2.06 bits per heavy atom. The summed E-state index contributed by atoms with van der Waals surface area (Å²) in [6.07, 6.45) is 0. The summed E-state index contributed by atoms with van der Waals surface area (Å²) >= 11 is 0. The summed E-state index contributed by atoms with van der Waals surface area (Å²) in [6, 6.07) is 11.0. The van der Waals surface area contributed by atoms with Gasteiger partial charge in [0.2, 0.25) is 0 Å². The smallest absolute Gasteiger partial charge is 0.159 e. The first-order chi connectivity index (χ1) is 8.08. The highest BCUT2D eigenvalue weighted by molar-refractivity contribution is 5.33. The number of aryl methyl sites for hydroxylation is 1. The molecule has 0 saturated carbocycles. The van der Waals surface area contributed by atoms with Crippen molar-refractivity contribution in [2.75, 3.05) is 0 Å². The van der Waals surface area contributed by atoms with Gasteiger partial charge < -0.3 is 5.73 Å². The van der Waals surface area contributed by atoms with E-state index in [2.05, 4.69) is 0 Å². The summed E-state index contributed by atoms with van der Waals surface area (Å²) in [6.45, 7) is 1.98. The van der Waals surface area contributed by atoms with Gasteiger partial charge in [-0.05, 0) is 30.2 Å². The van der Waals surface area contributed by atoms with Gasteiger partial charge in [-0.1, -0.05) is 35.9 Å². The van der Waals surface area contributed by atoms with E-state index in [1.54, 1.807) is 0 Å². The van der Waals surface area contributed by atoms with Gasteiger partial charge in [0.05, 0.1) is 6.04 Å². The van der Waals surface area contributed by atoms with Gasteiger partial charge in [0.25, 0.3) is 0 Å². The molecule has 17 heavy (non-hydrogen) atoms. The molecule has 88 valence electrons.